The SMILES string of the molecule is CCC(CCN1C(=O)[C@@H](NC(=O)c2cc3ccccc3s2)CC1C)NS(=O)(=O)c1ccc(F)cc1Cl. The average Bonchev–Trinajstić information content (AvgIpc) is 3.37. The van der Waals surface area contributed by atoms with Crippen LogP contribution in [-0.2, 0) is 14.8 Å². The van der Waals surface area contributed by atoms with Crippen molar-refractivity contribution in [3.63, 3.8) is 0 Å². The molecule has 0 radical (unpaired) electrons. The van der Waals surface area contributed by atoms with Crippen molar-refractivity contribution in [1.82, 2.24) is 14.9 Å². The summed E-state index contributed by atoms with van der Waals surface area (Å²) in [5.74, 6) is -1.09. The fraction of sp³-hybridized carbons (Fsp3) is 0.360. The van der Waals surface area contributed by atoms with Crippen molar-refractivity contribution < 1.29 is 22.4 Å². The van der Waals surface area contributed by atoms with E-state index in [-0.39, 0.29) is 27.8 Å². The molecule has 0 saturated carbocycles. The summed E-state index contributed by atoms with van der Waals surface area (Å²) < 4.78 is 42.5. The third-order valence-electron chi connectivity index (χ3n) is 6.36. The Morgan fingerprint density at radius 1 is 1.25 bits per heavy atom. The van der Waals surface area contributed by atoms with Gasteiger partial charge in [-0.05, 0) is 61.9 Å². The highest BCUT2D eigenvalue weighted by molar-refractivity contribution is 7.89. The molecule has 3 aromatic rings. The van der Waals surface area contributed by atoms with Gasteiger partial charge in [0.2, 0.25) is 15.9 Å². The van der Waals surface area contributed by atoms with Crippen LogP contribution >= 0.6 is 22.9 Å². The molecule has 192 valence electrons. The molecule has 0 spiro atoms. The molecule has 0 bridgehead atoms. The number of sulfonamides is 1. The number of thiophene rings is 1. The van der Waals surface area contributed by atoms with Gasteiger partial charge in [0.15, 0.2) is 0 Å². The van der Waals surface area contributed by atoms with Crippen LogP contribution in [0.3, 0.4) is 0 Å². The molecular weight excluding hydrogens is 525 g/mol. The van der Waals surface area contributed by atoms with Crippen LogP contribution in [0.25, 0.3) is 10.1 Å². The smallest absolute Gasteiger partial charge is 0.262 e. The van der Waals surface area contributed by atoms with Crippen molar-refractivity contribution in [3.8, 4) is 0 Å². The lowest BCUT2D eigenvalue weighted by Gasteiger charge is -2.25. The van der Waals surface area contributed by atoms with E-state index in [2.05, 4.69) is 10.0 Å². The van der Waals surface area contributed by atoms with Gasteiger partial charge in [-0.2, -0.15) is 0 Å². The van der Waals surface area contributed by atoms with Crippen molar-refractivity contribution in [3.05, 3.63) is 64.2 Å². The van der Waals surface area contributed by atoms with Gasteiger partial charge in [-0.3, -0.25) is 9.59 Å². The number of hydrogen-bond acceptors (Lipinski definition) is 5. The molecule has 2 amide bonds. The first kappa shape index (κ1) is 26.5. The summed E-state index contributed by atoms with van der Waals surface area (Å²) in [5, 5.41) is 3.65. The van der Waals surface area contributed by atoms with Crippen molar-refractivity contribution in [1.29, 1.82) is 0 Å². The predicted molar refractivity (Wildman–Crippen MR) is 139 cm³/mol. The molecule has 1 aliphatic rings. The van der Waals surface area contributed by atoms with Crippen LogP contribution in [0.15, 0.2) is 53.4 Å². The van der Waals surface area contributed by atoms with Crippen LogP contribution in [0.4, 0.5) is 4.39 Å². The van der Waals surface area contributed by atoms with Gasteiger partial charge in [0.05, 0.1) is 9.90 Å². The Balaban J connectivity index is 1.37. The molecule has 1 aromatic heterocycles. The number of nitrogens with one attached hydrogen (secondary N) is 2. The number of halogens is 2. The van der Waals surface area contributed by atoms with Crippen molar-refractivity contribution >= 4 is 54.9 Å². The fourth-order valence-corrected chi connectivity index (χ4v) is 7.23. The Morgan fingerprint density at radius 3 is 2.69 bits per heavy atom. The lowest BCUT2D eigenvalue weighted by atomic mass is 10.1. The van der Waals surface area contributed by atoms with Gasteiger partial charge in [0.1, 0.15) is 16.8 Å². The summed E-state index contributed by atoms with van der Waals surface area (Å²) in [5.41, 5.74) is 0. The molecule has 1 saturated heterocycles. The van der Waals surface area contributed by atoms with Gasteiger partial charge >= 0.3 is 0 Å². The first-order valence-electron chi connectivity index (χ1n) is 11.7. The van der Waals surface area contributed by atoms with Crippen LogP contribution in [0.2, 0.25) is 5.02 Å². The normalized spacial score (nSPS) is 19.1. The van der Waals surface area contributed by atoms with E-state index in [1.807, 2.05) is 44.2 Å². The first-order valence-corrected chi connectivity index (χ1v) is 14.3. The van der Waals surface area contributed by atoms with E-state index in [9.17, 15) is 22.4 Å². The average molecular weight is 552 g/mol. The second kappa shape index (κ2) is 10.8. The van der Waals surface area contributed by atoms with Crippen LogP contribution in [0, 0.1) is 5.82 Å². The topological polar surface area (TPSA) is 95.6 Å². The molecule has 2 heterocycles. The van der Waals surface area contributed by atoms with E-state index >= 15 is 0 Å². The fourth-order valence-electron chi connectivity index (χ4n) is 4.38. The van der Waals surface area contributed by atoms with E-state index in [1.54, 1.807) is 4.90 Å². The van der Waals surface area contributed by atoms with E-state index in [0.717, 1.165) is 28.3 Å². The van der Waals surface area contributed by atoms with Gasteiger partial charge in [0, 0.05) is 23.3 Å². The highest BCUT2D eigenvalue weighted by atomic mass is 35.5. The van der Waals surface area contributed by atoms with Gasteiger partial charge < -0.3 is 10.2 Å². The maximum atomic E-state index is 13.3. The number of likely N-dealkylation sites (tertiary alicyclic amines) is 1. The van der Waals surface area contributed by atoms with Crippen LogP contribution < -0.4 is 10.0 Å². The standard InChI is InChI=1S/C25H27ClFN3O4S2/c1-3-18(29-36(33,34)23-9-8-17(27)14-19(23)26)10-11-30-15(2)12-20(25(30)32)28-24(31)22-13-16-6-4-5-7-21(16)35-22/h4-9,13-15,18,20,29H,3,10-12H2,1-2H3,(H,28,31)/t15?,18?,20-/m0/s1. The summed E-state index contributed by atoms with van der Waals surface area (Å²) >= 11 is 7.32. The molecule has 36 heavy (non-hydrogen) atoms. The molecule has 7 nitrogen and oxygen atoms in total. The van der Waals surface area contributed by atoms with Crippen LogP contribution in [-0.4, -0.2) is 49.8 Å². The zero-order valence-corrected chi connectivity index (χ0v) is 22.2. The summed E-state index contributed by atoms with van der Waals surface area (Å²) in [7, 11) is -3.97. The number of carbonyl (C=O) groups is 2. The molecule has 2 N–H and O–H groups in total. The highest BCUT2D eigenvalue weighted by Crippen LogP contribution is 2.27. The lowest BCUT2D eigenvalue weighted by Crippen LogP contribution is -2.43. The van der Waals surface area contributed by atoms with Gasteiger partial charge in [-0.15, -0.1) is 11.3 Å². The molecule has 3 atom stereocenters. The molecule has 2 aromatic carbocycles. The Morgan fingerprint density at radius 2 is 2.00 bits per heavy atom. The minimum atomic E-state index is -3.97. The number of carbonyl (C=O) groups excluding carboxylic acids is 2. The molecule has 4 rings (SSSR count). The Labute approximate surface area is 218 Å². The quantitative estimate of drug-likeness (QED) is 0.407. The van der Waals surface area contributed by atoms with Gasteiger partial charge in [-0.1, -0.05) is 36.7 Å². The zero-order valence-electron chi connectivity index (χ0n) is 19.8. The van der Waals surface area contributed by atoms with Crippen molar-refractivity contribution in [2.24, 2.45) is 0 Å². The largest absolute Gasteiger partial charge is 0.339 e. The number of hydrogen-bond donors (Lipinski definition) is 2. The zero-order chi connectivity index (χ0) is 26.0. The second-order valence-electron chi connectivity index (χ2n) is 8.88. The number of fused-ring (bicyclic) bond motifs is 1. The molecule has 2 unspecified atom stereocenters. The third-order valence-corrected chi connectivity index (χ3v) is 9.48. The minimum absolute atomic E-state index is 0.106. The molecule has 0 aliphatic carbocycles. The minimum Gasteiger partial charge on any atom is -0.339 e. The molecule has 11 heteroatoms. The molecule has 1 fully saturated rings. The van der Waals surface area contributed by atoms with E-state index in [4.69, 9.17) is 11.6 Å². The van der Waals surface area contributed by atoms with Gasteiger partial charge in [0.25, 0.3) is 5.91 Å². The summed E-state index contributed by atoms with van der Waals surface area (Å²) in [6, 6.07) is 11.5. The Hall–Kier alpha value is -2.53. The number of rotatable bonds is 9. The maximum absolute atomic E-state index is 13.3. The second-order valence-corrected chi connectivity index (χ2v) is 12.1. The Kier molecular flexibility index (Phi) is 7.99. The Bertz CT molecular complexity index is 1360. The van der Waals surface area contributed by atoms with E-state index in [0.29, 0.717) is 30.7 Å². The molecule has 1 aliphatic heterocycles. The number of nitrogens with zero attached hydrogens (tertiary/aromatic N) is 1. The van der Waals surface area contributed by atoms with Crippen molar-refractivity contribution in [2.45, 2.75) is 56.1 Å². The number of amides is 2. The van der Waals surface area contributed by atoms with Gasteiger partial charge in [-0.25, -0.2) is 17.5 Å². The highest BCUT2D eigenvalue weighted by Gasteiger charge is 2.38. The number of benzene rings is 2. The van der Waals surface area contributed by atoms with E-state index < -0.39 is 27.9 Å². The van der Waals surface area contributed by atoms with E-state index in [1.165, 1.54) is 11.3 Å². The van der Waals surface area contributed by atoms with Crippen molar-refractivity contribution in [2.75, 3.05) is 6.54 Å². The lowest BCUT2D eigenvalue weighted by molar-refractivity contribution is -0.130. The predicted octanol–water partition coefficient (Wildman–Crippen LogP) is 4.56. The first-order chi connectivity index (χ1) is 17.1. The monoisotopic (exact) mass is 551 g/mol. The molecular formula is C25H27ClFN3O4S2. The third kappa shape index (κ3) is 5.72. The maximum Gasteiger partial charge on any atom is 0.262 e. The summed E-state index contributed by atoms with van der Waals surface area (Å²) in [6.45, 7) is 4.07. The van der Waals surface area contributed by atoms with Crippen LogP contribution in [0.1, 0.15) is 42.8 Å². The summed E-state index contributed by atoms with van der Waals surface area (Å²) in [4.78, 5) is 27.9. The summed E-state index contributed by atoms with van der Waals surface area (Å²) in [6.07, 6.45) is 1.34. The van der Waals surface area contributed by atoms with Crippen LogP contribution in [0.5, 0.6) is 0 Å².